The number of hydrogen-bond donors (Lipinski definition) is 0. The average molecular weight is 262 g/mol. The van der Waals surface area contributed by atoms with Gasteiger partial charge in [0.2, 0.25) is 0 Å². The summed E-state index contributed by atoms with van der Waals surface area (Å²) < 4.78 is 6.51. The molecule has 0 bridgehead atoms. The van der Waals surface area contributed by atoms with E-state index in [0.29, 0.717) is 29.0 Å². The van der Waals surface area contributed by atoms with Gasteiger partial charge in [-0.05, 0) is 0 Å². The van der Waals surface area contributed by atoms with Crippen molar-refractivity contribution in [2.45, 2.75) is 13.8 Å². The van der Waals surface area contributed by atoms with Gasteiger partial charge in [0, 0.05) is 0 Å². The molecule has 2 aromatic heterocycles. The summed E-state index contributed by atoms with van der Waals surface area (Å²) in [5.41, 5.74) is 0. The topological polar surface area (TPSA) is 0 Å². The SMILES string of the molecule is Cc1cc2[se]c(C)cc2[se]1. The summed E-state index contributed by atoms with van der Waals surface area (Å²) >= 11 is 1.38. The minimum atomic E-state index is 0.689. The van der Waals surface area contributed by atoms with Gasteiger partial charge in [-0.1, -0.05) is 0 Å². The van der Waals surface area contributed by atoms with E-state index >= 15 is 0 Å². The van der Waals surface area contributed by atoms with Crippen LogP contribution in [-0.4, -0.2) is 29.0 Å². The van der Waals surface area contributed by atoms with Crippen LogP contribution >= 0.6 is 0 Å². The second-order valence-corrected chi connectivity index (χ2v) is 7.85. The van der Waals surface area contributed by atoms with Crippen molar-refractivity contribution in [3.63, 3.8) is 0 Å². The third kappa shape index (κ3) is 1.06. The van der Waals surface area contributed by atoms with E-state index in [-0.39, 0.29) is 0 Å². The molecule has 0 saturated heterocycles. The Morgan fingerprint density at radius 3 is 1.70 bits per heavy atom. The molecule has 52 valence electrons. The second-order valence-electron chi connectivity index (χ2n) is 2.44. The van der Waals surface area contributed by atoms with E-state index in [1.807, 2.05) is 0 Å². The van der Waals surface area contributed by atoms with Crippen molar-refractivity contribution in [2.75, 3.05) is 0 Å². The average Bonchev–Trinajstić information content (AvgIpc) is 2.21. The molecular weight excluding hydrogens is 254 g/mol. The van der Waals surface area contributed by atoms with E-state index in [0.717, 1.165) is 0 Å². The van der Waals surface area contributed by atoms with Crippen LogP contribution in [0.1, 0.15) is 8.87 Å². The quantitative estimate of drug-likeness (QED) is 0.632. The first-order valence-electron chi connectivity index (χ1n) is 3.22. The fourth-order valence-electron chi connectivity index (χ4n) is 1.08. The van der Waals surface area contributed by atoms with Gasteiger partial charge in [-0.25, -0.2) is 0 Å². The zero-order valence-electron chi connectivity index (χ0n) is 5.97. The monoisotopic (exact) mass is 264 g/mol. The van der Waals surface area contributed by atoms with E-state index < -0.39 is 0 Å². The van der Waals surface area contributed by atoms with Crippen LogP contribution in [-0.2, 0) is 0 Å². The molecule has 0 aliphatic carbocycles. The molecule has 0 aliphatic rings. The second kappa shape index (κ2) is 2.39. The van der Waals surface area contributed by atoms with Crippen LogP contribution in [0.2, 0.25) is 0 Å². The van der Waals surface area contributed by atoms with Crippen LogP contribution < -0.4 is 0 Å². The Hall–Kier alpha value is 0.259. The third-order valence-corrected chi connectivity index (χ3v) is 6.29. The molecule has 0 radical (unpaired) electrons. The first-order chi connectivity index (χ1) is 4.75. The van der Waals surface area contributed by atoms with Gasteiger partial charge < -0.3 is 0 Å². The predicted octanol–water partition coefficient (Wildman–Crippen LogP) is 1.57. The van der Waals surface area contributed by atoms with Crippen molar-refractivity contribution >= 4 is 37.5 Å². The van der Waals surface area contributed by atoms with E-state index in [4.69, 9.17) is 0 Å². The Bertz CT molecular complexity index is 291. The fourth-order valence-corrected chi connectivity index (χ4v) is 6.60. The van der Waals surface area contributed by atoms with E-state index in [2.05, 4.69) is 26.0 Å². The first kappa shape index (κ1) is 6.94. The summed E-state index contributed by atoms with van der Waals surface area (Å²) in [4.78, 5) is 0. The number of fused-ring (bicyclic) bond motifs is 1. The molecule has 2 rings (SSSR count). The summed E-state index contributed by atoms with van der Waals surface area (Å²) in [6.07, 6.45) is 0. The molecule has 0 aliphatic heterocycles. The van der Waals surface area contributed by atoms with Crippen molar-refractivity contribution in [1.82, 2.24) is 0 Å². The van der Waals surface area contributed by atoms with Crippen molar-refractivity contribution in [2.24, 2.45) is 0 Å². The molecule has 0 nitrogen and oxygen atoms in total. The van der Waals surface area contributed by atoms with Crippen LogP contribution in [0.3, 0.4) is 0 Å². The Morgan fingerprint density at radius 1 is 0.900 bits per heavy atom. The van der Waals surface area contributed by atoms with Crippen LogP contribution in [0.25, 0.3) is 8.52 Å². The maximum atomic E-state index is 2.39. The molecule has 2 heteroatoms. The molecular formula is C8H8Se2. The summed E-state index contributed by atoms with van der Waals surface area (Å²) in [5, 5.41) is 0. The van der Waals surface area contributed by atoms with Crippen molar-refractivity contribution in [3.8, 4) is 0 Å². The van der Waals surface area contributed by atoms with Crippen LogP contribution in [0.5, 0.6) is 0 Å². The zero-order valence-corrected chi connectivity index (χ0v) is 9.40. The van der Waals surface area contributed by atoms with Gasteiger partial charge in [-0.15, -0.1) is 0 Å². The number of rotatable bonds is 0. The third-order valence-electron chi connectivity index (χ3n) is 1.45. The van der Waals surface area contributed by atoms with Gasteiger partial charge in [0.25, 0.3) is 0 Å². The van der Waals surface area contributed by atoms with Crippen LogP contribution in [0.4, 0.5) is 0 Å². The summed E-state index contributed by atoms with van der Waals surface area (Å²) in [6, 6.07) is 4.78. The molecule has 0 unspecified atom stereocenters. The molecule has 0 saturated carbocycles. The molecule has 0 aromatic carbocycles. The standard InChI is InChI=1S/C8H8Se2/c1-5-3-7-8(9-5)4-6(2)10-7/h3-4H,1-2H3. The van der Waals surface area contributed by atoms with Gasteiger partial charge in [-0.2, -0.15) is 0 Å². The van der Waals surface area contributed by atoms with Crippen LogP contribution in [0.15, 0.2) is 12.1 Å². The summed E-state index contributed by atoms with van der Waals surface area (Å²) in [6.45, 7) is 4.50. The molecule has 0 spiro atoms. The predicted molar refractivity (Wildman–Crippen MR) is 47.3 cm³/mol. The van der Waals surface area contributed by atoms with Gasteiger partial charge in [0.15, 0.2) is 0 Å². The molecule has 0 N–H and O–H groups in total. The molecule has 0 amide bonds. The van der Waals surface area contributed by atoms with Gasteiger partial charge >= 0.3 is 72.4 Å². The minimum absolute atomic E-state index is 0.689. The Morgan fingerprint density at radius 2 is 1.30 bits per heavy atom. The van der Waals surface area contributed by atoms with Crippen LogP contribution in [0, 0.1) is 13.8 Å². The number of aryl methyl sites for hydroxylation is 2. The van der Waals surface area contributed by atoms with Crippen molar-refractivity contribution in [3.05, 3.63) is 21.0 Å². The summed E-state index contributed by atoms with van der Waals surface area (Å²) in [7, 11) is 0. The van der Waals surface area contributed by atoms with E-state index in [1.165, 1.54) is 0 Å². The zero-order chi connectivity index (χ0) is 7.14. The molecule has 0 atom stereocenters. The van der Waals surface area contributed by atoms with Crippen molar-refractivity contribution in [1.29, 1.82) is 0 Å². The van der Waals surface area contributed by atoms with Gasteiger partial charge in [0.1, 0.15) is 0 Å². The molecule has 2 aromatic rings. The first-order valence-corrected chi connectivity index (χ1v) is 6.65. The summed E-state index contributed by atoms with van der Waals surface area (Å²) in [5.74, 6) is 0. The van der Waals surface area contributed by atoms with E-state index in [9.17, 15) is 0 Å². The number of hydrogen-bond acceptors (Lipinski definition) is 0. The Kier molecular flexibility index (Phi) is 1.66. The fraction of sp³-hybridized carbons (Fsp3) is 0.250. The maximum absolute atomic E-state index is 2.39. The normalized spacial score (nSPS) is 11.0. The molecule has 10 heavy (non-hydrogen) atoms. The van der Waals surface area contributed by atoms with Gasteiger partial charge in [0.05, 0.1) is 0 Å². The van der Waals surface area contributed by atoms with Crippen molar-refractivity contribution < 1.29 is 0 Å². The molecule has 0 fully saturated rings. The van der Waals surface area contributed by atoms with E-state index in [1.54, 1.807) is 17.4 Å². The van der Waals surface area contributed by atoms with Gasteiger partial charge in [-0.3, -0.25) is 0 Å². The molecule has 2 heterocycles. The Labute approximate surface area is 72.4 Å². The Balaban J connectivity index is 2.83.